The van der Waals surface area contributed by atoms with Gasteiger partial charge in [-0.1, -0.05) is 0 Å². The zero-order valence-electron chi connectivity index (χ0n) is 10.9. The van der Waals surface area contributed by atoms with Gasteiger partial charge in [0.1, 0.15) is 0 Å². The molecule has 8 nitrogen and oxygen atoms in total. The number of amides is 1. The molecule has 0 spiro atoms. The number of hydrogen-bond acceptors (Lipinski definition) is 5. The quantitative estimate of drug-likeness (QED) is 0.696. The summed E-state index contributed by atoms with van der Waals surface area (Å²) >= 11 is 0. The number of aliphatic carboxylic acids is 1. The molecular formula is C11H14N2O6S. The molecule has 0 aliphatic carbocycles. The van der Waals surface area contributed by atoms with Crippen molar-refractivity contribution in [3.8, 4) is 0 Å². The standard InChI is InChI=1S/C11H14N2O6S/c1-13(2)20(17,18)9-5-3-8(4-6-9)11(16)12-19-7-10(14)15/h3-6H,7H2,1-2H3,(H,12,16)(H,14,15). The zero-order chi connectivity index (χ0) is 15.3. The van der Waals surface area contributed by atoms with Crippen LogP contribution in [0.25, 0.3) is 0 Å². The first-order valence-corrected chi connectivity index (χ1v) is 6.85. The Morgan fingerprint density at radius 3 is 2.25 bits per heavy atom. The van der Waals surface area contributed by atoms with Crippen molar-refractivity contribution in [2.75, 3.05) is 20.7 Å². The van der Waals surface area contributed by atoms with Crippen molar-refractivity contribution >= 4 is 21.9 Å². The lowest BCUT2D eigenvalue weighted by atomic mass is 10.2. The maximum Gasteiger partial charge on any atom is 0.332 e. The van der Waals surface area contributed by atoms with Crippen LogP contribution >= 0.6 is 0 Å². The van der Waals surface area contributed by atoms with Gasteiger partial charge < -0.3 is 5.11 Å². The van der Waals surface area contributed by atoms with Crippen LogP contribution in [0, 0.1) is 0 Å². The van der Waals surface area contributed by atoms with Crippen molar-refractivity contribution in [1.82, 2.24) is 9.79 Å². The second-order valence-electron chi connectivity index (χ2n) is 3.93. The minimum atomic E-state index is -3.55. The molecule has 1 aromatic carbocycles. The first-order chi connectivity index (χ1) is 9.25. The third-order valence-electron chi connectivity index (χ3n) is 2.26. The Kier molecular flexibility index (Phi) is 5.19. The van der Waals surface area contributed by atoms with Crippen molar-refractivity contribution in [1.29, 1.82) is 0 Å². The van der Waals surface area contributed by atoms with E-state index >= 15 is 0 Å². The van der Waals surface area contributed by atoms with E-state index in [0.29, 0.717) is 0 Å². The van der Waals surface area contributed by atoms with Crippen LogP contribution in [-0.2, 0) is 19.7 Å². The molecule has 1 rings (SSSR count). The van der Waals surface area contributed by atoms with Crippen LogP contribution in [-0.4, -0.2) is 50.4 Å². The lowest BCUT2D eigenvalue weighted by Crippen LogP contribution is -2.27. The van der Waals surface area contributed by atoms with Crippen molar-refractivity contribution in [2.45, 2.75) is 4.90 Å². The van der Waals surface area contributed by atoms with Crippen LogP contribution in [0.4, 0.5) is 0 Å². The zero-order valence-corrected chi connectivity index (χ0v) is 11.7. The molecule has 2 N–H and O–H groups in total. The summed E-state index contributed by atoms with van der Waals surface area (Å²) in [6.45, 7) is -0.668. The molecule has 0 atom stereocenters. The largest absolute Gasteiger partial charge is 0.479 e. The second-order valence-corrected chi connectivity index (χ2v) is 6.08. The van der Waals surface area contributed by atoms with Crippen molar-refractivity contribution in [2.24, 2.45) is 0 Å². The molecule has 0 heterocycles. The molecular weight excluding hydrogens is 288 g/mol. The maximum atomic E-state index is 11.8. The van der Waals surface area contributed by atoms with Crippen molar-refractivity contribution < 1.29 is 28.0 Å². The normalized spacial score (nSPS) is 11.3. The summed E-state index contributed by atoms with van der Waals surface area (Å²) in [5, 5.41) is 8.33. The smallest absolute Gasteiger partial charge is 0.332 e. The predicted molar refractivity (Wildman–Crippen MR) is 68.4 cm³/mol. The third-order valence-corrected chi connectivity index (χ3v) is 4.08. The third kappa shape index (κ3) is 4.02. The number of benzene rings is 1. The van der Waals surface area contributed by atoms with Gasteiger partial charge in [-0.25, -0.2) is 23.0 Å². The highest BCUT2D eigenvalue weighted by atomic mass is 32.2. The molecule has 0 aromatic heterocycles. The van der Waals surface area contributed by atoms with E-state index in [1.165, 1.54) is 38.4 Å². The number of nitrogens with zero attached hydrogens (tertiary/aromatic N) is 1. The fraction of sp³-hybridized carbons (Fsp3) is 0.273. The number of rotatable bonds is 6. The average molecular weight is 302 g/mol. The number of nitrogens with one attached hydrogen (secondary N) is 1. The second kappa shape index (κ2) is 6.46. The fourth-order valence-corrected chi connectivity index (χ4v) is 2.11. The molecule has 0 aliphatic rings. The minimum absolute atomic E-state index is 0.0468. The monoisotopic (exact) mass is 302 g/mol. The van der Waals surface area contributed by atoms with Gasteiger partial charge in [-0.15, -0.1) is 0 Å². The predicted octanol–water partition coefficient (Wildman–Crippen LogP) is -0.317. The Hall–Kier alpha value is -1.97. The fourth-order valence-electron chi connectivity index (χ4n) is 1.21. The molecule has 1 aromatic rings. The van der Waals surface area contributed by atoms with E-state index in [9.17, 15) is 18.0 Å². The lowest BCUT2D eigenvalue weighted by molar-refractivity contribution is -0.144. The van der Waals surface area contributed by atoms with Crippen LogP contribution in [0.15, 0.2) is 29.2 Å². The molecule has 0 saturated heterocycles. The lowest BCUT2D eigenvalue weighted by Gasteiger charge is -2.11. The van der Waals surface area contributed by atoms with Gasteiger partial charge in [0.25, 0.3) is 5.91 Å². The first kappa shape index (κ1) is 16.1. The van der Waals surface area contributed by atoms with Gasteiger partial charge in [-0.3, -0.25) is 9.63 Å². The van der Waals surface area contributed by atoms with E-state index in [0.717, 1.165) is 4.31 Å². The Morgan fingerprint density at radius 1 is 1.25 bits per heavy atom. The maximum absolute atomic E-state index is 11.8. The number of carbonyl (C=O) groups excluding carboxylic acids is 1. The molecule has 0 aliphatic heterocycles. The Balaban J connectivity index is 2.77. The Morgan fingerprint density at radius 2 is 1.80 bits per heavy atom. The van der Waals surface area contributed by atoms with Crippen LogP contribution in [0.5, 0.6) is 0 Å². The summed E-state index contributed by atoms with van der Waals surface area (Å²) in [6.07, 6.45) is 0. The molecule has 0 saturated carbocycles. The number of carboxylic acid groups (broad SMARTS) is 1. The summed E-state index contributed by atoms with van der Waals surface area (Å²) in [5.41, 5.74) is 2.08. The molecule has 110 valence electrons. The highest BCUT2D eigenvalue weighted by Gasteiger charge is 2.17. The average Bonchev–Trinajstić information content (AvgIpc) is 2.38. The highest BCUT2D eigenvalue weighted by Crippen LogP contribution is 2.13. The molecule has 0 fully saturated rings. The van der Waals surface area contributed by atoms with Crippen LogP contribution in [0.1, 0.15) is 10.4 Å². The summed E-state index contributed by atoms with van der Waals surface area (Å²) < 4.78 is 24.6. The number of carboxylic acids is 1. The summed E-state index contributed by atoms with van der Waals surface area (Å²) in [7, 11) is -0.758. The van der Waals surface area contributed by atoms with Gasteiger partial charge in [0.2, 0.25) is 10.0 Å². The van der Waals surface area contributed by atoms with Gasteiger partial charge >= 0.3 is 5.97 Å². The van der Waals surface area contributed by atoms with E-state index in [4.69, 9.17) is 5.11 Å². The molecule has 9 heteroatoms. The topological polar surface area (TPSA) is 113 Å². The van der Waals surface area contributed by atoms with Crippen LogP contribution in [0.2, 0.25) is 0 Å². The van der Waals surface area contributed by atoms with E-state index in [-0.39, 0.29) is 10.5 Å². The molecule has 20 heavy (non-hydrogen) atoms. The van der Waals surface area contributed by atoms with Gasteiger partial charge in [-0.2, -0.15) is 0 Å². The van der Waals surface area contributed by atoms with Crippen molar-refractivity contribution in [3.05, 3.63) is 29.8 Å². The summed E-state index contributed by atoms with van der Waals surface area (Å²) in [5.74, 6) is -1.89. The highest BCUT2D eigenvalue weighted by molar-refractivity contribution is 7.89. The summed E-state index contributed by atoms with van der Waals surface area (Å²) in [4.78, 5) is 26.2. The molecule has 0 bridgehead atoms. The van der Waals surface area contributed by atoms with Gasteiger partial charge in [0.05, 0.1) is 4.90 Å². The van der Waals surface area contributed by atoms with Crippen LogP contribution in [0.3, 0.4) is 0 Å². The van der Waals surface area contributed by atoms with Gasteiger partial charge in [0.15, 0.2) is 6.61 Å². The SMILES string of the molecule is CN(C)S(=O)(=O)c1ccc(C(=O)NOCC(=O)O)cc1. The number of hydrogen-bond donors (Lipinski definition) is 2. The molecule has 0 unspecified atom stereocenters. The number of sulfonamides is 1. The molecule has 1 amide bonds. The first-order valence-electron chi connectivity index (χ1n) is 5.41. The molecule has 0 radical (unpaired) electrons. The minimum Gasteiger partial charge on any atom is -0.479 e. The van der Waals surface area contributed by atoms with Gasteiger partial charge in [-0.05, 0) is 24.3 Å². The van der Waals surface area contributed by atoms with Gasteiger partial charge in [0, 0.05) is 19.7 Å². The van der Waals surface area contributed by atoms with Crippen molar-refractivity contribution in [3.63, 3.8) is 0 Å². The Labute approximate surface area is 116 Å². The van der Waals surface area contributed by atoms with Crippen LogP contribution < -0.4 is 5.48 Å². The van der Waals surface area contributed by atoms with E-state index in [1.807, 2.05) is 5.48 Å². The Bertz CT molecular complexity index is 594. The van der Waals surface area contributed by atoms with E-state index in [1.54, 1.807) is 0 Å². The van der Waals surface area contributed by atoms with E-state index < -0.39 is 28.5 Å². The van der Waals surface area contributed by atoms with E-state index in [2.05, 4.69) is 4.84 Å². The summed E-state index contributed by atoms with van der Waals surface area (Å²) in [6, 6.07) is 5.16. The number of carbonyl (C=O) groups is 2. The number of hydroxylamine groups is 1.